The van der Waals surface area contributed by atoms with Gasteiger partial charge in [0.2, 0.25) is 5.91 Å². The number of nitriles is 1. The third-order valence-electron chi connectivity index (χ3n) is 6.73. The highest BCUT2D eigenvalue weighted by Crippen LogP contribution is 2.42. The molecule has 0 radical (unpaired) electrons. The monoisotopic (exact) mass is 470 g/mol. The zero-order chi connectivity index (χ0) is 23.1. The summed E-state index contributed by atoms with van der Waals surface area (Å²) in [6.07, 6.45) is -1.20. The number of nitrogens with one attached hydrogen (secondary N) is 1. The molecule has 3 atom stereocenters. The van der Waals surface area contributed by atoms with Gasteiger partial charge in [-0.3, -0.25) is 4.79 Å². The molecule has 10 heteroatoms. The van der Waals surface area contributed by atoms with Crippen molar-refractivity contribution in [2.45, 2.75) is 85.4 Å². The number of hydrogen-bond donors (Lipinski definition) is 1. The maximum atomic E-state index is 13.5. The molecule has 174 valence electrons. The average Bonchev–Trinajstić information content (AvgIpc) is 3.13. The molecule has 3 saturated carbocycles. The minimum absolute atomic E-state index is 0.0529. The quantitative estimate of drug-likeness (QED) is 0.683. The fourth-order valence-electron chi connectivity index (χ4n) is 4.75. The smallest absolute Gasteiger partial charge is 0.374 e. The second kappa shape index (κ2) is 8.34. The first-order valence-corrected chi connectivity index (χ1v) is 12.4. The molecule has 3 fully saturated rings. The number of rotatable bonds is 6. The molecule has 3 aliphatic carbocycles. The van der Waals surface area contributed by atoms with Gasteiger partial charge >= 0.3 is 6.18 Å². The van der Waals surface area contributed by atoms with Crippen molar-refractivity contribution in [3.8, 4) is 6.07 Å². The Labute approximate surface area is 185 Å². The van der Waals surface area contributed by atoms with Crippen LogP contribution < -0.4 is 5.32 Å². The molecule has 0 spiro atoms. The Balaban J connectivity index is 1.61. The third kappa shape index (κ3) is 4.50. The van der Waals surface area contributed by atoms with Gasteiger partial charge in [0.05, 0.1) is 39.9 Å². The predicted molar refractivity (Wildman–Crippen MR) is 108 cm³/mol. The van der Waals surface area contributed by atoms with Crippen LogP contribution in [0.4, 0.5) is 13.2 Å². The Morgan fingerprint density at radius 2 is 1.81 bits per heavy atom. The summed E-state index contributed by atoms with van der Waals surface area (Å²) in [5, 5.41) is 10.8. The molecule has 6 nitrogen and oxygen atoms in total. The van der Waals surface area contributed by atoms with Gasteiger partial charge in [-0.1, -0.05) is 25.0 Å². The van der Waals surface area contributed by atoms with Gasteiger partial charge in [0.1, 0.15) is 5.54 Å². The summed E-state index contributed by atoms with van der Waals surface area (Å²) in [7, 11) is -4.36. The number of hydrogen-bond acceptors (Lipinski definition) is 5. The van der Waals surface area contributed by atoms with Crippen molar-refractivity contribution in [3.05, 3.63) is 29.8 Å². The van der Waals surface area contributed by atoms with Gasteiger partial charge < -0.3 is 10.1 Å². The Kier molecular flexibility index (Phi) is 6.01. The van der Waals surface area contributed by atoms with E-state index in [1.807, 2.05) is 0 Å². The van der Waals surface area contributed by atoms with E-state index in [9.17, 15) is 31.6 Å². The molecule has 0 aromatic heterocycles. The lowest BCUT2D eigenvalue weighted by atomic mass is 10.0. The van der Waals surface area contributed by atoms with Gasteiger partial charge in [-0.05, 0) is 50.7 Å². The number of sulfone groups is 1. The van der Waals surface area contributed by atoms with E-state index in [0.717, 1.165) is 43.9 Å². The summed E-state index contributed by atoms with van der Waals surface area (Å²) < 4.78 is 73.0. The lowest BCUT2D eigenvalue weighted by Crippen LogP contribution is -2.43. The van der Waals surface area contributed by atoms with Crippen LogP contribution in [0.3, 0.4) is 0 Å². The molecule has 0 saturated heterocycles. The zero-order valence-electron chi connectivity index (χ0n) is 17.4. The summed E-state index contributed by atoms with van der Waals surface area (Å²) in [4.78, 5) is 12.2. The summed E-state index contributed by atoms with van der Waals surface area (Å²) in [5.41, 5.74) is -2.13. The number of halogens is 3. The van der Waals surface area contributed by atoms with Crippen LogP contribution in [0.25, 0.3) is 0 Å². The summed E-state index contributed by atoms with van der Waals surface area (Å²) in [5.74, 6) is -1.30. The number of benzene rings is 1. The summed E-state index contributed by atoms with van der Waals surface area (Å²) >= 11 is 0. The number of ether oxygens (including phenoxy) is 1. The average molecular weight is 471 g/mol. The predicted octanol–water partition coefficient (Wildman–Crippen LogP) is 3.76. The molecule has 1 N–H and O–H groups in total. The van der Waals surface area contributed by atoms with Crippen molar-refractivity contribution in [1.29, 1.82) is 5.26 Å². The van der Waals surface area contributed by atoms with Crippen LogP contribution in [0.5, 0.6) is 0 Å². The van der Waals surface area contributed by atoms with Crippen LogP contribution in [0.1, 0.15) is 56.9 Å². The number of amides is 1. The van der Waals surface area contributed by atoms with E-state index >= 15 is 0 Å². The number of nitrogens with zero attached hydrogens (tertiary/aromatic N) is 1. The van der Waals surface area contributed by atoms with E-state index in [-0.39, 0.29) is 18.9 Å². The van der Waals surface area contributed by atoms with Crippen LogP contribution in [0.2, 0.25) is 0 Å². The highest BCUT2D eigenvalue weighted by molar-refractivity contribution is 7.92. The molecule has 0 unspecified atom stereocenters. The highest BCUT2D eigenvalue weighted by Gasteiger charge is 2.51. The lowest BCUT2D eigenvalue weighted by Gasteiger charge is -2.24. The molecule has 0 bridgehead atoms. The molecule has 1 amide bonds. The van der Waals surface area contributed by atoms with Crippen molar-refractivity contribution in [3.63, 3.8) is 0 Å². The van der Waals surface area contributed by atoms with Crippen molar-refractivity contribution >= 4 is 15.7 Å². The summed E-state index contributed by atoms with van der Waals surface area (Å²) in [6, 6.07) is 6.20. The maximum Gasteiger partial charge on any atom is 0.417 e. The van der Waals surface area contributed by atoms with E-state index < -0.39 is 55.2 Å². The number of carbonyl (C=O) groups is 1. The van der Waals surface area contributed by atoms with Crippen molar-refractivity contribution in [2.24, 2.45) is 5.92 Å². The van der Waals surface area contributed by atoms with Crippen LogP contribution in [-0.2, 0) is 25.5 Å². The SMILES string of the molecule is N#CC1(NC(=O)[C@H]2C[C@H](S(=O)(=O)c3ccccc3C(F)(F)F)C[C@@H]2OC2CCCC2)CC1. The first kappa shape index (κ1) is 23.1. The third-order valence-corrected chi connectivity index (χ3v) is 8.96. The fraction of sp³-hybridized carbons (Fsp3) is 0.636. The highest BCUT2D eigenvalue weighted by atomic mass is 32.2. The van der Waals surface area contributed by atoms with E-state index in [1.165, 1.54) is 6.07 Å². The summed E-state index contributed by atoms with van der Waals surface area (Å²) in [6.45, 7) is 0. The molecule has 0 aliphatic heterocycles. The molecule has 0 heterocycles. The first-order valence-electron chi connectivity index (χ1n) is 10.8. The number of alkyl halides is 3. The van der Waals surface area contributed by atoms with Gasteiger partial charge in [0.25, 0.3) is 0 Å². The second-order valence-corrected chi connectivity index (χ2v) is 11.2. The molecular formula is C22H25F3N2O4S. The van der Waals surface area contributed by atoms with E-state index in [4.69, 9.17) is 4.74 Å². The largest absolute Gasteiger partial charge is 0.417 e. The molecule has 3 aliphatic rings. The van der Waals surface area contributed by atoms with Crippen LogP contribution in [-0.4, -0.2) is 37.3 Å². The van der Waals surface area contributed by atoms with Crippen LogP contribution in [0, 0.1) is 17.2 Å². The molecule has 32 heavy (non-hydrogen) atoms. The molecule has 1 aromatic carbocycles. The zero-order valence-corrected chi connectivity index (χ0v) is 18.2. The Morgan fingerprint density at radius 1 is 1.16 bits per heavy atom. The standard InChI is InChI=1S/C22H25F3N2O4S/c23-22(24,25)17-7-3-4-8-19(17)32(29,30)15-11-16(20(28)27-21(13-26)9-10-21)18(12-15)31-14-5-1-2-6-14/h3-4,7-8,14-16,18H,1-2,5-6,9-12H2,(H,27,28)/t15-,16-,18-/m0/s1. The lowest BCUT2D eigenvalue weighted by molar-refractivity contribution is -0.140. The molecular weight excluding hydrogens is 445 g/mol. The first-order chi connectivity index (χ1) is 15.1. The maximum absolute atomic E-state index is 13.5. The van der Waals surface area contributed by atoms with Gasteiger partial charge in [-0.2, -0.15) is 18.4 Å². The molecule has 1 aromatic rings. The second-order valence-electron chi connectivity index (χ2n) is 9.00. The topological polar surface area (TPSA) is 96.3 Å². The molecule has 4 rings (SSSR count). The van der Waals surface area contributed by atoms with Gasteiger partial charge in [-0.15, -0.1) is 0 Å². The number of carbonyl (C=O) groups excluding carboxylic acids is 1. The van der Waals surface area contributed by atoms with E-state index in [0.29, 0.717) is 12.8 Å². The normalized spacial score (nSPS) is 27.8. The fourth-order valence-corrected chi connectivity index (χ4v) is 6.77. The van der Waals surface area contributed by atoms with Crippen molar-refractivity contribution in [2.75, 3.05) is 0 Å². The van der Waals surface area contributed by atoms with Crippen molar-refractivity contribution < 1.29 is 31.1 Å². The van der Waals surface area contributed by atoms with Crippen molar-refractivity contribution in [1.82, 2.24) is 5.32 Å². The van der Waals surface area contributed by atoms with Gasteiger partial charge in [-0.25, -0.2) is 8.42 Å². The van der Waals surface area contributed by atoms with Crippen LogP contribution >= 0.6 is 0 Å². The minimum Gasteiger partial charge on any atom is -0.374 e. The Bertz CT molecular complexity index is 1020. The van der Waals surface area contributed by atoms with Crippen LogP contribution in [0.15, 0.2) is 29.2 Å². The minimum atomic E-state index is -4.82. The van der Waals surface area contributed by atoms with E-state index in [2.05, 4.69) is 11.4 Å². The van der Waals surface area contributed by atoms with Gasteiger partial charge in [0.15, 0.2) is 9.84 Å². The Morgan fingerprint density at radius 3 is 2.41 bits per heavy atom. The van der Waals surface area contributed by atoms with E-state index in [1.54, 1.807) is 0 Å². The van der Waals surface area contributed by atoms with Gasteiger partial charge in [0, 0.05) is 0 Å². The Hall–Kier alpha value is -2.12.